The van der Waals surface area contributed by atoms with Gasteiger partial charge in [-0.25, -0.2) is 4.39 Å². The summed E-state index contributed by atoms with van der Waals surface area (Å²) in [5.41, 5.74) is 0.494. The van der Waals surface area contributed by atoms with Crippen LogP contribution < -0.4 is 10.2 Å². The lowest BCUT2D eigenvalue weighted by molar-refractivity contribution is 0.164. The number of nitrogens with zero attached hydrogens (tertiary/aromatic N) is 1. The summed E-state index contributed by atoms with van der Waals surface area (Å²) in [6.07, 6.45) is -0.550. The van der Waals surface area contributed by atoms with Gasteiger partial charge >= 0.3 is 0 Å². The predicted molar refractivity (Wildman–Crippen MR) is 70.4 cm³/mol. The number of nitrogens with one attached hydrogen (secondary N) is 1. The number of aliphatic hydroxyl groups is 1. The maximum atomic E-state index is 13.5. The second kappa shape index (κ2) is 8.02. The van der Waals surface area contributed by atoms with Crippen LogP contribution in [0.2, 0.25) is 0 Å². The Morgan fingerprint density at radius 3 is 2.83 bits per heavy atom. The van der Waals surface area contributed by atoms with E-state index in [0.717, 1.165) is 0 Å². The standard InChI is InChI=1S/C13H21FN2O2/c1-16(13-6-4-3-5-12(13)14)10-11(17)9-15-7-8-18-2/h3-6,11,15,17H,7-10H2,1-2H3. The molecular weight excluding hydrogens is 235 g/mol. The zero-order chi connectivity index (χ0) is 13.4. The van der Waals surface area contributed by atoms with E-state index in [1.165, 1.54) is 6.07 Å². The van der Waals surface area contributed by atoms with Crippen molar-refractivity contribution in [3.05, 3.63) is 30.1 Å². The molecule has 1 aromatic carbocycles. The molecule has 0 aliphatic carbocycles. The Kier molecular flexibility index (Phi) is 6.64. The molecule has 0 saturated carbocycles. The van der Waals surface area contributed by atoms with Crippen LogP contribution in [0.3, 0.4) is 0 Å². The molecule has 0 amide bonds. The van der Waals surface area contributed by atoms with E-state index in [-0.39, 0.29) is 5.82 Å². The minimum absolute atomic E-state index is 0.278. The molecular formula is C13H21FN2O2. The molecule has 5 heteroatoms. The van der Waals surface area contributed by atoms with E-state index in [0.29, 0.717) is 31.9 Å². The highest BCUT2D eigenvalue weighted by atomic mass is 19.1. The number of methoxy groups -OCH3 is 1. The van der Waals surface area contributed by atoms with Gasteiger partial charge in [-0.1, -0.05) is 12.1 Å². The van der Waals surface area contributed by atoms with Gasteiger partial charge < -0.3 is 20.1 Å². The van der Waals surface area contributed by atoms with Gasteiger partial charge in [0, 0.05) is 33.8 Å². The van der Waals surface area contributed by atoms with Crippen molar-refractivity contribution in [1.82, 2.24) is 5.32 Å². The van der Waals surface area contributed by atoms with Gasteiger partial charge in [-0.15, -0.1) is 0 Å². The van der Waals surface area contributed by atoms with Crippen molar-refractivity contribution >= 4 is 5.69 Å². The van der Waals surface area contributed by atoms with Gasteiger partial charge in [0.05, 0.1) is 18.4 Å². The third-order valence-electron chi connectivity index (χ3n) is 2.61. The molecule has 18 heavy (non-hydrogen) atoms. The van der Waals surface area contributed by atoms with Crippen LogP contribution in [-0.4, -0.2) is 51.6 Å². The summed E-state index contributed by atoms with van der Waals surface area (Å²) < 4.78 is 18.4. The molecule has 0 fully saturated rings. The first-order valence-corrected chi connectivity index (χ1v) is 5.98. The third kappa shape index (κ3) is 5.00. The van der Waals surface area contributed by atoms with Crippen molar-refractivity contribution < 1.29 is 14.2 Å². The van der Waals surface area contributed by atoms with E-state index in [4.69, 9.17) is 4.74 Å². The zero-order valence-corrected chi connectivity index (χ0v) is 10.9. The molecule has 0 bridgehead atoms. The minimum atomic E-state index is -0.550. The van der Waals surface area contributed by atoms with Crippen LogP contribution in [-0.2, 0) is 4.74 Å². The number of para-hydroxylation sites is 1. The highest BCUT2D eigenvalue weighted by Gasteiger charge is 2.11. The second-order valence-electron chi connectivity index (χ2n) is 4.18. The van der Waals surface area contributed by atoms with Crippen LogP contribution in [0.25, 0.3) is 0 Å². The number of likely N-dealkylation sites (N-methyl/N-ethyl adjacent to an activating group) is 1. The van der Waals surface area contributed by atoms with Gasteiger partial charge in [-0.05, 0) is 12.1 Å². The second-order valence-corrected chi connectivity index (χ2v) is 4.18. The van der Waals surface area contributed by atoms with E-state index >= 15 is 0 Å². The molecule has 1 unspecified atom stereocenters. The van der Waals surface area contributed by atoms with Crippen LogP contribution in [0.1, 0.15) is 0 Å². The average molecular weight is 256 g/mol. The lowest BCUT2D eigenvalue weighted by atomic mass is 10.2. The number of aliphatic hydroxyl groups excluding tert-OH is 1. The monoisotopic (exact) mass is 256 g/mol. The summed E-state index contributed by atoms with van der Waals surface area (Å²) in [6, 6.07) is 6.53. The Morgan fingerprint density at radius 2 is 2.17 bits per heavy atom. The van der Waals surface area contributed by atoms with E-state index in [1.54, 1.807) is 37.3 Å². The molecule has 0 saturated heterocycles. The average Bonchev–Trinajstić information content (AvgIpc) is 2.35. The van der Waals surface area contributed by atoms with Crippen LogP contribution in [0.4, 0.5) is 10.1 Å². The Labute approximate surface area is 107 Å². The van der Waals surface area contributed by atoms with E-state index in [2.05, 4.69) is 5.32 Å². The third-order valence-corrected chi connectivity index (χ3v) is 2.61. The van der Waals surface area contributed by atoms with Gasteiger partial charge in [-0.3, -0.25) is 0 Å². The molecule has 1 aromatic rings. The fourth-order valence-electron chi connectivity index (χ4n) is 1.68. The van der Waals surface area contributed by atoms with Crippen LogP contribution in [0, 0.1) is 5.82 Å². The van der Waals surface area contributed by atoms with Crippen molar-refractivity contribution in [2.45, 2.75) is 6.10 Å². The fraction of sp³-hybridized carbons (Fsp3) is 0.538. The Morgan fingerprint density at radius 1 is 1.44 bits per heavy atom. The van der Waals surface area contributed by atoms with Gasteiger partial charge in [0.2, 0.25) is 0 Å². The smallest absolute Gasteiger partial charge is 0.146 e. The Hall–Kier alpha value is -1.17. The van der Waals surface area contributed by atoms with Crippen LogP contribution in [0.5, 0.6) is 0 Å². The molecule has 0 aliphatic rings. The van der Waals surface area contributed by atoms with Crippen molar-refractivity contribution in [2.24, 2.45) is 0 Å². The summed E-state index contributed by atoms with van der Waals surface area (Å²) in [5, 5.41) is 12.9. The first-order valence-electron chi connectivity index (χ1n) is 5.98. The van der Waals surface area contributed by atoms with E-state index in [9.17, 15) is 9.50 Å². The number of halogens is 1. The largest absolute Gasteiger partial charge is 0.390 e. The fourth-order valence-corrected chi connectivity index (χ4v) is 1.68. The quantitative estimate of drug-likeness (QED) is 0.677. The SMILES string of the molecule is COCCNCC(O)CN(C)c1ccccc1F. The maximum absolute atomic E-state index is 13.5. The Balaban J connectivity index is 2.35. The lowest BCUT2D eigenvalue weighted by Crippen LogP contribution is -2.37. The molecule has 0 spiro atoms. The first kappa shape index (κ1) is 14.9. The molecule has 0 aliphatic heterocycles. The normalized spacial score (nSPS) is 12.4. The van der Waals surface area contributed by atoms with Gasteiger partial charge in [-0.2, -0.15) is 0 Å². The number of ether oxygens (including phenoxy) is 1. The summed E-state index contributed by atoms with van der Waals surface area (Å²) >= 11 is 0. The maximum Gasteiger partial charge on any atom is 0.146 e. The molecule has 0 heterocycles. The summed E-state index contributed by atoms with van der Waals surface area (Å²) in [4.78, 5) is 1.71. The van der Waals surface area contributed by atoms with E-state index < -0.39 is 6.10 Å². The minimum Gasteiger partial charge on any atom is -0.390 e. The van der Waals surface area contributed by atoms with Crippen molar-refractivity contribution in [3.8, 4) is 0 Å². The van der Waals surface area contributed by atoms with Crippen LogP contribution >= 0.6 is 0 Å². The first-order chi connectivity index (χ1) is 8.65. The molecule has 0 aromatic heterocycles. The highest BCUT2D eigenvalue weighted by molar-refractivity contribution is 5.46. The van der Waals surface area contributed by atoms with Crippen molar-refractivity contribution in [2.75, 3.05) is 45.3 Å². The molecule has 1 rings (SSSR count). The van der Waals surface area contributed by atoms with Crippen molar-refractivity contribution in [3.63, 3.8) is 0 Å². The predicted octanol–water partition coefficient (Wildman–Crippen LogP) is 0.859. The molecule has 102 valence electrons. The van der Waals surface area contributed by atoms with Gasteiger partial charge in [0.25, 0.3) is 0 Å². The van der Waals surface area contributed by atoms with Gasteiger partial charge in [0.1, 0.15) is 5.82 Å². The number of benzene rings is 1. The number of hydrogen-bond donors (Lipinski definition) is 2. The summed E-state index contributed by atoms with van der Waals surface area (Å²) in [5.74, 6) is -0.278. The summed E-state index contributed by atoms with van der Waals surface area (Å²) in [7, 11) is 3.39. The summed E-state index contributed by atoms with van der Waals surface area (Å²) in [6.45, 7) is 2.13. The molecule has 4 nitrogen and oxygen atoms in total. The van der Waals surface area contributed by atoms with E-state index in [1.807, 2.05) is 0 Å². The molecule has 0 radical (unpaired) electrons. The van der Waals surface area contributed by atoms with Crippen LogP contribution in [0.15, 0.2) is 24.3 Å². The Bertz CT molecular complexity index is 350. The number of anilines is 1. The highest BCUT2D eigenvalue weighted by Crippen LogP contribution is 2.16. The van der Waals surface area contributed by atoms with Crippen molar-refractivity contribution in [1.29, 1.82) is 0 Å². The number of hydrogen-bond acceptors (Lipinski definition) is 4. The topological polar surface area (TPSA) is 44.7 Å². The number of rotatable bonds is 8. The lowest BCUT2D eigenvalue weighted by Gasteiger charge is -2.23. The zero-order valence-electron chi connectivity index (χ0n) is 10.9. The molecule has 1 atom stereocenters. The van der Waals surface area contributed by atoms with Gasteiger partial charge in [0.15, 0.2) is 0 Å². The molecule has 2 N–H and O–H groups in total.